The molecule has 0 saturated carbocycles. The molecule has 2 N–H and O–H groups in total. The van der Waals surface area contributed by atoms with Crippen molar-refractivity contribution in [2.45, 2.75) is 11.8 Å². The van der Waals surface area contributed by atoms with Gasteiger partial charge in [-0.15, -0.1) is 0 Å². The Morgan fingerprint density at radius 1 is 1.40 bits per heavy atom. The maximum absolute atomic E-state index is 11.9. The van der Waals surface area contributed by atoms with Gasteiger partial charge in [0, 0.05) is 12.3 Å². The molecule has 20 heavy (non-hydrogen) atoms. The van der Waals surface area contributed by atoms with Crippen molar-refractivity contribution in [3.63, 3.8) is 0 Å². The molecule has 0 fully saturated rings. The van der Waals surface area contributed by atoms with Gasteiger partial charge in [-0.3, -0.25) is 9.78 Å². The highest BCUT2D eigenvalue weighted by atomic mass is 32.2. The van der Waals surface area contributed by atoms with E-state index in [2.05, 4.69) is 15.0 Å². The molecule has 0 bridgehead atoms. The summed E-state index contributed by atoms with van der Waals surface area (Å²) in [5.74, 6) is -0.477. The number of aromatic nitrogens is 1. The Morgan fingerprint density at radius 2 is 2.15 bits per heavy atom. The molecule has 0 aliphatic rings. The third-order valence-electron chi connectivity index (χ3n) is 2.57. The number of carbonyl (C=O) groups excluding carboxylic acids is 1. The highest BCUT2D eigenvalue weighted by Gasteiger charge is 2.22. The highest BCUT2D eigenvalue weighted by molar-refractivity contribution is 7.89. The van der Waals surface area contributed by atoms with Gasteiger partial charge in [-0.05, 0) is 26.1 Å². The predicted molar refractivity (Wildman–Crippen MR) is 71.9 cm³/mol. The number of anilines is 1. The molecule has 7 nitrogen and oxygen atoms in total. The predicted octanol–water partition coefficient (Wildman–Crippen LogP) is 1.14. The van der Waals surface area contributed by atoms with Crippen molar-refractivity contribution >= 4 is 21.6 Å². The molecule has 0 unspecified atom stereocenters. The summed E-state index contributed by atoms with van der Waals surface area (Å²) in [6, 6.07) is 4.51. The van der Waals surface area contributed by atoms with Crippen LogP contribution in [0.3, 0.4) is 0 Å². The molecule has 2 heterocycles. The minimum atomic E-state index is -3.65. The largest absolute Gasteiger partial charge is 0.455 e. The fraction of sp³-hybridized carbons (Fsp3) is 0.167. The van der Waals surface area contributed by atoms with Gasteiger partial charge in [0.15, 0.2) is 5.76 Å². The lowest BCUT2D eigenvalue weighted by Gasteiger charge is -2.00. The summed E-state index contributed by atoms with van der Waals surface area (Å²) in [5.41, 5.74) is 0.490. The van der Waals surface area contributed by atoms with Gasteiger partial charge in [-0.1, -0.05) is 0 Å². The van der Waals surface area contributed by atoms with Crippen LogP contribution in [0.4, 0.5) is 5.69 Å². The lowest BCUT2D eigenvalue weighted by atomic mass is 10.3. The van der Waals surface area contributed by atoms with E-state index in [1.165, 1.54) is 26.2 Å². The van der Waals surface area contributed by atoms with E-state index in [-0.39, 0.29) is 16.4 Å². The summed E-state index contributed by atoms with van der Waals surface area (Å²) in [5, 5.41) is 2.56. The molecule has 0 aromatic carbocycles. The van der Waals surface area contributed by atoms with E-state index in [4.69, 9.17) is 4.42 Å². The molecule has 2 aromatic heterocycles. The van der Waals surface area contributed by atoms with Gasteiger partial charge in [0.25, 0.3) is 5.91 Å². The maximum atomic E-state index is 11.9. The molecule has 106 valence electrons. The molecule has 0 saturated heterocycles. The third-order valence-corrected chi connectivity index (χ3v) is 4.10. The molecule has 2 aromatic rings. The molecular weight excluding hydrogens is 282 g/mol. The summed E-state index contributed by atoms with van der Waals surface area (Å²) >= 11 is 0. The molecule has 1 amide bonds. The number of amides is 1. The normalized spacial score (nSPS) is 11.3. The van der Waals surface area contributed by atoms with Crippen LogP contribution < -0.4 is 10.0 Å². The van der Waals surface area contributed by atoms with Crippen molar-refractivity contribution in [1.29, 1.82) is 0 Å². The summed E-state index contributed by atoms with van der Waals surface area (Å²) in [4.78, 5) is 15.7. The van der Waals surface area contributed by atoms with Gasteiger partial charge in [0.05, 0.1) is 11.9 Å². The number of pyridine rings is 1. The number of nitrogens with one attached hydrogen (secondary N) is 2. The molecule has 0 aliphatic carbocycles. The summed E-state index contributed by atoms with van der Waals surface area (Å²) in [6.45, 7) is 1.48. The average molecular weight is 295 g/mol. The standard InChI is InChI=1S/C12H13N3O4S/c1-8-11(20(17,18)13-2)6-10(19-8)12(16)15-9-4-3-5-14-7-9/h3-7,13H,1-2H3,(H,15,16). The van der Waals surface area contributed by atoms with E-state index < -0.39 is 15.9 Å². The Morgan fingerprint density at radius 3 is 2.75 bits per heavy atom. The van der Waals surface area contributed by atoms with Crippen molar-refractivity contribution in [2.75, 3.05) is 12.4 Å². The summed E-state index contributed by atoms with van der Waals surface area (Å²) in [7, 11) is -2.36. The van der Waals surface area contributed by atoms with E-state index in [0.29, 0.717) is 5.69 Å². The van der Waals surface area contributed by atoms with E-state index in [0.717, 1.165) is 0 Å². The smallest absolute Gasteiger partial charge is 0.291 e. The number of carbonyl (C=O) groups is 1. The van der Waals surface area contributed by atoms with Gasteiger partial charge in [0.1, 0.15) is 10.7 Å². The number of nitrogens with zero attached hydrogens (tertiary/aromatic N) is 1. The number of furan rings is 1. The van der Waals surface area contributed by atoms with Gasteiger partial charge >= 0.3 is 0 Å². The number of rotatable bonds is 4. The number of aryl methyl sites for hydroxylation is 1. The Hall–Kier alpha value is -2.19. The van der Waals surface area contributed by atoms with Crippen LogP contribution >= 0.6 is 0 Å². The minimum Gasteiger partial charge on any atom is -0.455 e. The molecule has 0 radical (unpaired) electrons. The zero-order valence-electron chi connectivity index (χ0n) is 10.9. The van der Waals surface area contributed by atoms with Crippen molar-refractivity contribution in [3.8, 4) is 0 Å². The van der Waals surface area contributed by atoms with Crippen LogP contribution in [0.15, 0.2) is 39.9 Å². The van der Waals surface area contributed by atoms with E-state index in [1.54, 1.807) is 18.3 Å². The molecule has 8 heteroatoms. The monoisotopic (exact) mass is 295 g/mol. The van der Waals surface area contributed by atoms with Gasteiger partial charge in [-0.25, -0.2) is 13.1 Å². The lowest BCUT2D eigenvalue weighted by molar-refractivity contribution is 0.0995. The zero-order chi connectivity index (χ0) is 14.8. The molecule has 0 aliphatic heterocycles. The average Bonchev–Trinajstić information content (AvgIpc) is 2.83. The van der Waals surface area contributed by atoms with Crippen molar-refractivity contribution < 1.29 is 17.6 Å². The Bertz CT molecular complexity index is 722. The SMILES string of the molecule is CNS(=O)(=O)c1cc(C(=O)Nc2cccnc2)oc1C. The molecule has 0 spiro atoms. The number of hydrogen-bond acceptors (Lipinski definition) is 5. The Labute approximate surface area is 116 Å². The quantitative estimate of drug-likeness (QED) is 0.881. The van der Waals surface area contributed by atoms with Crippen LogP contribution in [0.25, 0.3) is 0 Å². The van der Waals surface area contributed by atoms with E-state index in [9.17, 15) is 13.2 Å². The van der Waals surface area contributed by atoms with Gasteiger partial charge < -0.3 is 9.73 Å². The summed E-state index contributed by atoms with van der Waals surface area (Å²) < 4.78 is 30.8. The molecule has 0 atom stereocenters. The topological polar surface area (TPSA) is 101 Å². The highest BCUT2D eigenvalue weighted by Crippen LogP contribution is 2.20. The first-order valence-electron chi connectivity index (χ1n) is 5.69. The molecular formula is C12H13N3O4S. The second-order valence-electron chi connectivity index (χ2n) is 3.93. The fourth-order valence-electron chi connectivity index (χ4n) is 1.58. The first-order chi connectivity index (χ1) is 9.44. The first kappa shape index (κ1) is 14.2. The van der Waals surface area contributed by atoms with Crippen LogP contribution in [-0.4, -0.2) is 26.4 Å². The first-order valence-corrected chi connectivity index (χ1v) is 7.17. The molecule has 2 rings (SSSR count). The zero-order valence-corrected chi connectivity index (χ0v) is 11.7. The Kier molecular flexibility index (Phi) is 3.86. The summed E-state index contributed by atoms with van der Waals surface area (Å²) in [6.07, 6.45) is 3.04. The van der Waals surface area contributed by atoms with Crippen molar-refractivity contribution in [3.05, 3.63) is 42.1 Å². The van der Waals surface area contributed by atoms with Crippen molar-refractivity contribution in [1.82, 2.24) is 9.71 Å². The van der Waals surface area contributed by atoms with Crippen LogP contribution in [-0.2, 0) is 10.0 Å². The van der Waals surface area contributed by atoms with E-state index in [1.807, 2.05) is 0 Å². The van der Waals surface area contributed by atoms with Crippen LogP contribution in [0.5, 0.6) is 0 Å². The van der Waals surface area contributed by atoms with Crippen LogP contribution in [0.2, 0.25) is 0 Å². The van der Waals surface area contributed by atoms with Gasteiger partial charge in [-0.2, -0.15) is 0 Å². The van der Waals surface area contributed by atoms with Crippen LogP contribution in [0, 0.1) is 6.92 Å². The number of hydrogen-bond donors (Lipinski definition) is 2. The van der Waals surface area contributed by atoms with Crippen molar-refractivity contribution in [2.24, 2.45) is 0 Å². The van der Waals surface area contributed by atoms with Crippen LogP contribution in [0.1, 0.15) is 16.3 Å². The second kappa shape index (κ2) is 5.43. The second-order valence-corrected chi connectivity index (χ2v) is 5.79. The Balaban J connectivity index is 2.27. The lowest BCUT2D eigenvalue weighted by Crippen LogP contribution is -2.18. The fourth-order valence-corrected chi connectivity index (χ4v) is 2.49. The maximum Gasteiger partial charge on any atom is 0.291 e. The van der Waals surface area contributed by atoms with Gasteiger partial charge in [0.2, 0.25) is 10.0 Å². The number of sulfonamides is 1. The minimum absolute atomic E-state index is 0.0589. The third kappa shape index (κ3) is 2.86. The van der Waals surface area contributed by atoms with E-state index >= 15 is 0 Å².